The molecule has 0 aliphatic heterocycles. The van der Waals surface area contributed by atoms with Gasteiger partial charge in [0.15, 0.2) is 0 Å². The van der Waals surface area contributed by atoms with E-state index in [1.807, 2.05) is 0 Å². The average molecular weight is 162 g/mol. The standard InChI is InChI=1S/C8H10.C4H8/c1-7-3-5-8(2)6-4-7;1-4-2-3-4/h3-6H,1-2H3;4H,2-3H2,1H3. The second kappa shape index (κ2) is 4.30. The lowest BCUT2D eigenvalue weighted by atomic mass is 10.2. The molecule has 0 saturated heterocycles. The van der Waals surface area contributed by atoms with Crippen molar-refractivity contribution in [2.75, 3.05) is 0 Å². The van der Waals surface area contributed by atoms with E-state index in [4.69, 9.17) is 0 Å². The molecule has 0 aromatic heterocycles. The normalized spacial score (nSPS) is 14.9. The minimum absolute atomic E-state index is 1.08. The van der Waals surface area contributed by atoms with Crippen LogP contribution >= 0.6 is 0 Å². The van der Waals surface area contributed by atoms with Crippen molar-refractivity contribution < 1.29 is 0 Å². The molecule has 0 spiro atoms. The van der Waals surface area contributed by atoms with Gasteiger partial charge in [-0.15, -0.1) is 0 Å². The van der Waals surface area contributed by atoms with Crippen LogP contribution < -0.4 is 0 Å². The van der Waals surface area contributed by atoms with Gasteiger partial charge in [-0.05, 0) is 19.8 Å². The number of hydrogen-bond acceptors (Lipinski definition) is 0. The van der Waals surface area contributed by atoms with Crippen LogP contribution in [0.5, 0.6) is 0 Å². The van der Waals surface area contributed by atoms with Crippen LogP contribution in [0.2, 0.25) is 0 Å². The van der Waals surface area contributed by atoms with E-state index in [-0.39, 0.29) is 0 Å². The Labute approximate surface area is 75.6 Å². The number of hydrogen-bond donors (Lipinski definition) is 0. The molecule has 1 aromatic carbocycles. The van der Waals surface area contributed by atoms with Crippen molar-refractivity contribution in [2.24, 2.45) is 5.92 Å². The van der Waals surface area contributed by atoms with Gasteiger partial charge in [0.25, 0.3) is 0 Å². The Hall–Kier alpha value is -0.780. The predicted molar refractivity (Wildman–Crippen MR) is 54.3 cm³/mol. The highest BCUT2D eigenvalue weighted by molar-refractivity contribution is 5.19. The van der Waals surface area contributed by atoms with Crippen LogP contribution in [-0.4, -0.2) is 0 Å². The van der Waals surface area contributed by atoms with Crippen LogP contribution in [0, 0.1) is 19.8 Å². The third-order valence-corrected chi connectivity index (χ3v) is 2.08. The molecule has 2 rings (SSSR count). The van der Waals surface area contributed by atoms with E-state index in [2.05, 4.69) is 45.0 Å². The summed E-state index contributed by atoms with van der Waals surface area (Å²) in [7, 11) is 0. The van der Waals surface area contributed by atoms with Gasteiger partial charge in [0.05, 0.1) is 0 Å². The highest BCUT2D eigenvalue weighted by Gasteiger charge is 2.12. The van der Waals surface area contributed by atoms with Gasteiger partial charge in [-0.25, -0.2) is 0 Å². The van der Waals surface area contributed by atoms with Gasteiger partial charge in [0.1, 0.15) is 0 Å². The molecule has 1 fully saturated rings. The Bertz CT molecular complexity index is 195. The van der Waals surface area contributed by atoms with Gasteiger partial charge in [0, 0.05) is 0 Å². The predicted octanol–water partition coefficient (Wildman–Crippen LogP) is 3.72. The van der Waals surface area contributed by atoms with E-state index < -0.39 is 0 Å². The minimum atomic E-state index is 1.08. The zero-order chi connectivity index (χ0) is 8.97. The van der Waals surface area contributed by atoms with E-state index in [1.165, 1.54) is 24.0 Å². The Morgan fingerprint density at radius 2 is 1.17 bits per heavy atom. The maximum absolute atomic E-state index is 2.28. The van der Waals surface area contributed by atoms with Gasteiger partial charge in [0.2, 0.25) is 0 Å². The Kier molecular flexibility index (Phi) is 3.33. The van der Waals surface area contributed by atoms with E-state index >= 15 is 0 Å². The van der Waals surface area contributed by atoms with Crippen molar-refractivity contribution in [2.45, 2.75) is 33.6 Å². The molecule has 1 aliphatic carbocycles. The Morgan fingerprint density at radius 3 is 1.33 bits per heavy atom. The molecule has 0 nitrogen and oxygen atoms in total. The average Bonchev–Trinajstić information content (AvgIpc) is 2.80. The van der Waals surface area contributed by atoms with Crippen molar-refractivity contribution in [3.05, 3.63) is 35.4 Å². The Morgan fingerprint density at radius 1 is 0.917 bits per heavy atom. The molecule has 12 heavy (non-hydrogen) atoms. The Balaban J connectivity index is 0.000000150. The third kappa shape index (κ3) is 4.17. The molecule has 0 unspecified atom stereocenters. The highest BCUT2D eigenvalue weighted by atomic mass is 14.2. The van der Waals surface area contributed by atoms with Crippen LogP contribution in [-0.2, 0) is 0 Å². The molecular formula is C12H18. The quantitative estimate of drug-likeness (QED) is 0.545. The molecular weight excluding hydrogens is 144 g/mol. The summed E-state index contributed by atoms with van der Waals surface area (Å²) in [5.41, 5.74) is 2.66. The van der Waals surface area contributed by atoms with Gasteiger partial charge in [-0.1, -0.05) is 55.2 Å². The molecule has 1 aliphatic rings. The van der Waals surface area contributed by atoms with Gasteiger partial charge in [-0.3, -0.25) is 0 Å². The van der Waals surface area contributed by atoms with Crippen molar-refractivity contribution in [1.29, 1.82) is 0 Å². The molecule has 66 valence electrons. The molecule has 0 atom stereocenters. The minimum Gasteiger partial charge on any atom is -0.0625 e. The second-order valence-corrected chi connectivity index (χ2v) is 3.84. The molecule has 0 radical (unpaired) electrons. The maximum atomic E-state index is 2.28. The SMILES string of the molecule is CC1CC1.Cc1ccc(C)cc1. The fourth-order valence-corrected chi connectivity index (χ4v) is 0.804. The van der Waals surface area contributed by atoms with E-state index in [0.717, 1.165) is 5.92 Å². The fraction of sp³-hybridized carbons (Fsp3) is 0.500. The first-order valence-corrected chi connectivity index (χ1v) is 4.72. The summed E-state index contributed by atoms with van der Waals surface area (Å²) >= 11 is 0. The van der Waals surface area contributed by atoms with Gasteiger partial charge >= 0.3 is 0 Å². The number of rotatable bonds is 0. The second-order valence-electron chi connectivity index (χ2n) is 3.84. The first-order chi connectivity index (χ1) is 5.68. The number of aryl methyl sites for hydroxylation is 2. The van der Waals surface area contributed by atoms with Crippen LogP contribution in [0.1, 0.15) is 30.9 Å². The van der Waals surface area contributed by atoms with E-state index in [9.17, 15) is 0 Å². The van der Waals surface area contributed by atoms with Crippen LogP contribution in [0.15, 0.2) is 24.3 Å². The first-order valence-electron chi connectivity index (χ1n) is 4.72. The van der Waals surface area contributed by atoms with Crippen LogP contribution in [0.25, 0.3) is 0 Å². The van der Waals surface area contributed by atoms with E-state index in [1.54, 1.807) is 0 Å². The van der Waals surface area contributed by atoms with Crippen LogP contribution in [0.4, 0.5) is 0 Å². The van der Waals surface area contributed by atoms with Crippen molar-refractivity contribution in [3.63, 3.8) is 0 Å². The number of benzene rings is 1. The summed E-state index contributed by atoms with van der Waals surface area (Å²) < 4.78 is 0. The molecule has 0 bridgehead atoms. The van der Waals surface area contributed by atoms with Crippen molar-refractivity contribution in [3.8, 4) is 0 Å². The molecule has 0 heterocycles. The largest absolute Gasteiger partial charge is 0.0625 e. The summed E-state index contributed by atoms with van der Waals surface area (Å²) in [6.07, 6.45) is 2.97. The zero-order valence-electron chi connectivity index (χ0n) is 8.30. The molecule has 1 saturated carbocycles. The fourth-order valence-electron chi connectivity index (χ4n) is 0.804. The van der Waals surface area contributed by atoms with Crippen molar-refractivity contribution >= 4 is 0 Å². The lowest BCUT2D eigenvalue weighted by molar-refractivity contribution is 0.983. The molecule has 0 amide bonds. The first kappa shape index (κ1) is 9.31. The molecule has 1 aromatic rings. The summed E-state index contributed by atoms with van der Waals surface area (Å²) in [5, 5.41) is 0. The summed E-state index contributed by atoms with van der Waals surface area (Å²) in [6, 6.07) is 8.48. The van der Waals surface area contributed by atoms with Crippen molar-refractivity contribution in [1.82, 2.24) is 0 Å². The monoisotopic (exact) mass is 162 g/mol. The van der Waals surface area contributed by atoms with Gasteiger partial charge in [-0.2, -0.15) is 0 Å². The molecule has 0 N–H and O–H groups in total. The summed E-state index contributed by atoms with van der Waals surface area (Å²) in [4.78, 5) is 0. The summed E-state index contributed by atoms with van der Waals surface area (Å²) in [5.74, 6) is 1.08. The van der Waals surface area contributed by atoms with Crippen LogP contribution in [0.3, 0.4) is 0 Å². The zero-order valence-corrected chi connectivity index (χ0v) is 8.30. The maximum Gasteiger partial charge on any atom is -0.0398 e. The third-order valence-electron chi connectivity index (χ3n) is 2.08. The topological polar surface area (TPSA) is 0 Å². The lowest BCUT2D eigenvalue weighted by Crippen LogP contribution is -1.70. The summed E-state index contributed by atoms with van der Waals surface area (Å²) in [6.45, 7) is 6.47. The highest BCUT2D eigenvalue weighted by Crippen LogP contribution is 2.26. The lowest BCUT2D eigenvalue weighted by Gasteiger charge is -1.90. The molecule has 0 heteroatoms. The smallest absolute Gasteiger partial charge is 0.0398 e. The van der Waals surface area contributed by atoms with Gasteiger partial charge < -0.3 is 0 Å². The van der Waals surface area contributed by atoms with E-state index in [0.29, 0.717) is 0 Å².